The third kappa shape index (κ3) is 13.1. The third-order valence-corrected chi connectivity index (χ3v) is 11.5. The lowest BCUT2D eigenvalue weighted by molar-refractivity contribution is -0.142. The number of aryl methyl sites for hydroxylation is 1. The van der Waals surface area contributed by atoms with Crippen molar-refractivity contribution >= 4 is 29.2 Å². The summed E-state index contributed by atoms with van der Waals surface area (Å²) in [4.78, 5) is 81.3. The Morgan fingerprint density at radius 3 is 2.18 bits per heavy atom. The van der Waals surface area contributed by atoms with Gasteiger partial charge in [0, 0.05) is 80.5 Å². The number of carbonyl (C=O) groups excluding carboxylic acids is 5. The van der Waals surface area contributed by atoms with Crippen LogP contribution in [0, 0.1) is 35.5 Å². The van der Waals surface area contributed by atoms with Crippen LogP contribution in [0.3, 0.4) is 0 Å². The molecule has 15 nitrogen and oxygen atoms in total. The predicted molar refractivity (Wildman–Crippen MR) is 252 cm³/mol. The van der Waals surface area contributed by atoms with Crippen LogP contribution in [-0.4, -0.2) is 90.0 Å². The molecule has 4 atom stereocenters. The summed E-state index contributed by atoms with van der Waals surface area (Å²) < 4.78 is 12.3. The van der Waals surface area contributed by atoms with Gasteiger partial charge in [0.1, 0.15) is 30.8 Å². The Bertz CT molecular complexity index is 2420. The quantitative estimate of drug-likeness (QED) is 0.0886. The average molecular weight is 901 g/mol. The molecule has 350 valence electrons. The largest absolute Gasteiger partial charge is 0.492 e. The van der Waals surface area contributed by atoms with Gasteiger partial charge in [-0.1, -0.05) is 64.1 Å². The molecule has 4 bridgehead atoms. The summed E-state index contributed by atoms with van der Waals surface area (Å²) in [5.41, 5.74) is 22.8. The molecule has 0 aliphatic carbocycles. The maximum Gasteiger partial charge on any atom is 0.226 e. The van der Waals surface area contributed by atoms with Crippen LogP contribution in [0.25, 0.3) is 22.5 Å². The van der Waals surface area contributed by atoms with Crippen LogP contribution in [0.5, 0.6) is 11.5 Å². The van der Waals surface area contributed by atoms with Crippen molar-refractivity contribution in [1.82, 2.24) is 20.2 Å². The minimum atomic E-state index is -1.24. The number of nitrogens with two attached hydrogens (primary N) is 3. The van der Waals surface area contributed by atoms with Crippen molar-refractivity contribution in [2.24, 2.45) is 34.5 Å². The summed E-state index contributed by atoms with van der Waals surface area (Å²) in [5.74, 6) is -2.70. The number of benzene rings is 3. The van der Waals surface area contributed by atoms with E-state index in [9.17, 15) is 29.2 Å². The van der Waals surface area contributed by atoms with E-state index in [1.807, 2.05) is 24.3 Å². The molecule has 0 fully saturated rings. The summed E-state index contributed by atoms with van der Waals surface area (Å²) in [7, 11) is 1.50. The van der Waals surface area contributed by atoms with E-state index in [1.54, 1.807) is 44.2 Å². The monoisotopic (exact) mass is 900 g/mol. The molecular weight excluding hydrogens is 837 g/mol. The summed E-state index contributed by atoms with van der Waals surface area (Å²) >= 11 is 0. The second-order valence-electron chi connectivity index (χ2n) is 18.2. The smallest absolute Gasteiger partial charge is 0.226 e. The van der Waals surface area contributed by atoms with Crippen LogP contribution < -0.4 is 32.0 Å². The van der Waals surface area contributed by atoms with Crippen LogP contribution in [0.1, 0.15) is 98.6 Å². The van der Waals surface area contributed by atoms with Crippen LogP contribution in [0.15, 0.2) is 66.9 Å². The van der Waals surface area contributed by atoms with E-state index in [2.05, 4.69) is 48.2 Å². The highest BCUT2D eigenvalue weighted by molar-refractivity contribution is 6.00. The number of carbonyl (C=O) groups is 5. The number of rotatable bonds is 18. The van der Waals surface area contributed by atoms with Gasteiger partial charge in [0.15, 0.2) is 23.2 Å². The van der Waals surface area contributed by atoms with E-state index >= 15 is 0 Å². The van der Waals surface area contributed by atoms with Gasteiger partial charge < -0.3 is 36.9 Å². The Labute approximate surface area is 387 Å². The van der Waals surface area contributed by atoms with Gasteiger partial charge in [0.25, 0.3) is 0 Å². The minimum Gasteiger partial charge on any atom is -0.492 e. The number of fused-ring (bicyclic) bond motifs is 5. The van der Waals surface area contributed by atoms with Crippen LogP contribution in [0.4, 0.5) is 0 Å². The molecule has 0 saturated carbocycles. The van der Waals surface area contributed by atoms with Gasteiger partial charge in [-0.05, 0) is 79.1 Å². The average Bonchev–Trinajstić information content (AvgIpc) is 3.28. The van der Waals surface area contributed by atoms with E-state index in [4.69, 9.17) is 26.7 Å². The zero-order valence-corrected chi connectivity index (χ0v) is 39.0. The van der Waals surface area contributed by atoms with Gasteiger partial charge in [-0.15, -0.1) is 0 Å². The van der Waals surface area contributed by atoms with Gasteiger partial charge in [-0.3, -0.25) is 24.0 Å². The molecule has 0 saturated heterocycles. The SMILES string of the molecule is Cc1nc(-c2ccc(CC(C)(C)C)cc2)ncc1C(=O)C[C@@H](CCN)C(=O)N(C)[C@@H]1C(=O)C[C@@H](C)C(=O)N[C@H](C(=O)CCC#N)Cc2ccc(OCCN)c(c2)-c2cc1ccc2OCCN. The number of nitrogens with zero attached hydrogens (tertiary/aromatic N) is 4. The van der Waals surface area contributed by atoms with Crippen LogP contribution in [-0.2, 0) is 32.0 Å². The molecule has 15 heteroatoms. The third-order valence-electron chi connectivity index (χ3n) is 11.5. The second-order valence-corrected chi connectivity index (χ2v) is 18.2. The van der Waals surface area contributed by atoms with Crippen molar-refractivity contribution in [1.29, 1.82) is 5.26 Å². The summed E-state index contributed by atoms with van der Waals surface area (Å²) in [6.45, 7) is 10.7. The molecule has 7 N–H and O–H groups in total. The van der Waals surface area contributed by atoms with E-state index in [1.165, 1.54) is 23.7 Å². The molecule has 3 aromatic carbocycles. The molecular formula is C51H64N8O7. The number of hydrogen-bond acceptors (Lipinski definition) is 13. The Hall–Kier alpha value is -6.34. The molecule has 4 aromatic rings. The van der Waals surface area contributed by atoms with E-state index in [-0.39, 0.29) is 93.9 Å². The van der Waals surface area contributed by atoms with Gasteiger partial charge in [-0.2, -0.15) is 5.26 Å². The fourth-order valence-electron chi connectivity index (χ4n) is 8.24. The first-order chi connectivity index (χ1) is 31.5. The van der Waals surface area contributed by atoms with Gasteiger partial charge in [-0.25, -0.2) is 9.97 Å². The molecule has 2 amide bonds. The van der Waals surface area contributed by atoms with Crippen molar-refractivity contribution in [3.8, 4) is 40.1 Å². The van der Waals surface area contributed by atoms with E-state index in [0.717, 1.165) is 12.0 Å². The highest BCUT2D eigenvalue weighted by Gasteiger charge is 2.36. The van der Waals surface area contributed by atoms with E-state index < -0.39 is 41.5 Å². The number of nitriles is 1. The van der Waals surface area contributed by atoms with Gasteiger partial charge >= 0.3 is 0 Å². The number of Topliss-reactive ketones (excluding diaryl/α,β-unsaturated/α-hetero) is 3. The summed E-state index contributed by atoms with van der Waals surface area (Å²) in [6, 6.07) is 18.3. The normalized spacial score (nSPS) is 16.9. The van der Waals surface area contributed by atoms with Gasteiger partial charge in [0.05, 0.1) is 23.4 Å². The lowest BCUT2D eigenvalue weighted by Crippen LogP contribution is -2.46. The van der Waals surface area contributed by atoms with Gasteiger partial charge in [0.2, 0.25) is 11.8 Å². The zero-order valence-electron chi connectivity index (χ0n) is 39.0. The predicted octanol–water partition coefficient (Wildman–Crippen LogP) is 5.63. The highest BCUT2D eigenvalue weighted by atomic mass is 16.5. The lowest BCUT2D eigenvalue weighted by atomic mass is 9.88. The number of hydrogen-bond donors (Lipinski definition) is 4. The van der Waals surface area contributed by atoms with Crippen molar-refractivity contribution in [2.45, 2.75) is 91.6 Å². The summed E-state index contributed by atoms with van der Waals surface area (Å²) in [5, 5.41) is 12.1. The van der Waals surface area contributed by atoms with Crippen molar-refractivity contribution in [2.75, 3.05) is 39.9 Å². The number of ketones is 3. The molecule has 1 aliphatic heterocycles. The molecule has 0 unspecified atom stereocenters. The Morgan fingerprint density at radius 1 is 0.924 bits per heavy atom. The molecule has 66 heavy (non-hydrogen) atoms. The number of nitrogens with one attached hydrogen (secondary N) is 1. The molecule has 0 spiro atoms. The lowest BCUT2D eigenvalue weighted by Gasteiger charge is -2.32. The van der Waals surface area contributed by atoms with Crippen molar-refractivity contribution in [3.63, 3.8) is 0 Å². The molecule has 0 radical (unpaired) electrons. The van der Waals surface area contributed by atoms with E-state index in [0.29, 0.717) is 45.3 Å². The zero-order chi connectivity index (χ0) is 48.1. The van der Waals surface area contributed by atoms with Crippen LogP contribution in [0.2, 0.25) is 0 Å². The minimum absolute atomic E-state index is 0.0312. The number of aromatic nitrogens is 2. The maximum atomic E-state index is 14.8. The topological polar surface area (TPSA) is 247 Å². The fraction of sp³-hybridized carbons (Fsp3) is 0.451. The number of likely N-dealkylation sites (N-methyl/N-ethyl adjacent to an activating group) is 1. The molecule has 1 aromatic heterocycles. The Balaban J connectivity index is 1.54. The summed E-state index contributed by atoms with van der Waals surface area (Å²) in [6.07, 6.45) is 2.01. The van der Waals surface area contributed by atoms with Crippen molar-refractivity contribution in [3.05, 3.63) is 94.8 Å². The first-order valence-corrected chi connectivity index (χ1v) is 22.6. The molecule has 1 aliphatic rings. The molecule has 5 rings (SSSR count). The highest BCUT2D eigenvalue weighted by Crippen LogP contribution is 2.41. The van der Waals surface area contributed by atoms with Crippen molar-refractivity contribution < 1.29 is 33.4 Å². The Kier molecular flexibility index (Phi) is 17.8. The first-order valence-electron chi connectivity index (χ1n) is 22.6. The number of ether oxygens (including phenoxy) is 2. The standard InChI is InChI=1S/C51H64N8O7/c1-31-24-44(62)47(59(6)50(64)37(17-19-53)28-43(61)40-30-56-48(57-32(40)2)35-12-9-33(10-13-35)29-51(3,4)5)36-14-16-46(66-23-21-55)39(27-36)38-25-34(11-15-45(38)65-22-20-54)26-41(58-49(31)63)42(60)8-7-18-52/h9-16,25,27,30-31,37,41,47H,7-8,17,19-24,26,28-29,53-55H2,1-6H3,(H,58,63)/t31-,37-,41+,47+/m1/s1. The first kappa shape index (κ1) is 50.7. The Morgan fingerprint density at radius 2 is 1.58 bits per heavy atom. The maximum absolute atomic E-state index is 14.8. The van der Waals surface area contributed by atoms with Crippen LogP contribution >= 0.6 is 0 Å². The molecule has 2 heterocycles. The number of amides is 2. The second kappa shape index (κ2) is 23.2. The fourth-order valence-corrected chi connectivity index (χ4v) is 8.24.